The lowest BCUT2D eigenvalue weighted by Gasteiger charge is -2.33. The summed E-state index contributed by atoms with van der Waals surface area (Å²) >= 11 is 0. The number of rotatable bonds is 1. The molecule has 1 aromatic carbocycles. The minimum atomic E-state index is 0.780. The number of piperazine rings is 1. The third-order valence-corrected chi connectivity index (χ3v) is 3.99. The molecule has 0 aliphatic carbocycles. The number of imidazole rings is 1. The molecule has 2 aromatic heterocycles. The van der Waals surface area contributed by atoms with Gasteiger partial charge in [0.1, 0.15) is 5.82 Å². The summed E-state index contributed by atoms with van der Waals surface area (Å²) in [6.45, 7) is 4.23. The van der Waals surface area contributed by atoms with Crippen molar-refractivity contribution in [2.45, 2.75) is 0 Å². The quantitative estimate of drug-likeness (QED) is 0.671. The fourth-order valence-corrected chi connectivity index (χ4v) is 2.75. The summed E-state index contributed by atoms with van der Waals surface area (Å²) in [6, 6.07) is 10.2. The molecule has 0 bridgehead atoms. The highest BCUT2D eigenvalue weighted by atomic mass is 15.3. The highest BCUT2D eigenvalue weighted by Crippen LogP contribution is 2.19. The molecular formula is C15H17N5. The number of anilines is 1. The van der Waals surface area contributed by atoms with Gasteiger partial charge in [-0.2, -0.15) is 4.98 Å². The number of hydrogen-bond donors (Lipinski definition) is 0. The molecule has 5 heteroatoms. The number of fused-ring (bicyclic) bond motifs is 3. The first-order valence-electron chi connectivity index (χ1n) is 6.98. The molecule has 0 amide bonds. The molecule has 0 atom stereocenters. The Morgan fingerprint density at radius 2 is 1.75 bits per heavy atom. The number of benzene rings is 1. The number of nitrogens with zero attached hydrogens (tertiary/aromatic N) is 5. The zero-order valence-corrected chi connectivity index (χ0v) is 11.5. The van der Waals surface area contributed by atoms with Crippen LogP contribution in [0, 0.1) is 0 Å². The van der Waals surface area contributed by atoms with Crippen molar-refractivity contribution in [2.75, 3.05) is 38.1 Å². The topological polar surface area (TPSA) is 36.7 Å². The van der Waals surface area contributed by atoms with Crippen LogP contribution in [0.25, 0.3) is 16.8 Å². The van der Waals surface area contributed by atoms with Crippen LogP contribution in [0.4, 0.5) is 5.82 Å². The maximum atomic E-state index is 4.72. The van der Waals surface area contributed by atoms with E-state index in [-0.39, 0.29) is 0 Å². The molecule has 1 saturated heterocycles. The molecule has 5 nitrogen and oxygen atoms in total. The van der Waals surface area contributed by atoms with E-state index >= 15 is 0 Å². The second-order valence-electron chi connectivity index (χ2n) is 5.35. The van der Waals surface area contributed by atoms with E-state index in [1.165, 1.54) is 0 Å². The molecule has 20 heavy (non-hydrogen) atoms. The van der Waals surface area contributed by atoms with Crippen molar-refractivity contribution in [3.05, 3.63) is 36.5 Å². The average molecular weight is 267 g/mol. The van der Waals surface area contributed by atoms with Crippen molar-refractivity contribution in [3.8, 4) is 0 Å². The Bertz CT molecular complexity index is 755. The second kappa shape index (κ2) is 4.45. The minimum absolute atomic E-state index is 0.780. The van der Waals surface area contributed by atoms with E-state index in [4.69, 9.17) is 4.98 Å². The average Bonchev–Trinajstić information content (AvgIpc) is 2.85. The summed E-state index contributed by atoms with van der Waals surface area (Å²) in [7, 11) is 2.16. The third kappa shape index (κ3) is 1.82. The van der Waals surface area contributed by atoms with Crippen LogP contribution in [0.2, 0.25) is 0 Å². The molecule has 3 aromatic rings. The van der Waals surface area contributed by atoms with Crippen molar-refractivity contribution in [2.24, 2.45) is 0 Å². The fraction of sp³-hybridized carbons (Fsp3) is 0.333. The van der Waals surface area contributed by atoms with Crippen LogP contribution in [-0.2, 0) is 0 Å². The van der Waals surface area contributed by atoms with Crippen molar-refractivity contribution < 1.29 is 0 Å². The molecule has 4 rings (SSSR count). The zero-order valence-electron chi connectivity index (χ0n) is 11.5. The summed E-state index contributed by atoms with van der Waals surface area (Å²) < 4.78 is 2.05. The maximum Gasteiger partial charge on any atom is 0.236 e. The molecule has 0 spiro atoms. The number of aromatic nitrogens is 3. The highest BCUT2D eigenvalue weighted by Gasteiger charge is 2.16. The van der Waals surface area contributed by atoms with Crippen molar-refractivity contribution in [1.29, 1.82) is 0 Å². The second-order valence-corrected chi connectivity index (χ2v) is 5.35. The maximum absolute atomic E-state index is 4.72. The van der Waals surface area contributed by atoms with Crippen LogP contribution in [0.1, 0.15) is 0 Å². The van der Waals surface area contributed by atoms with Gasteiger partial charge in [0.15, 0.2) is 0 Å². The number of likely N-dealkylation sites (N-methyl/N-ethyl adjacent to an activating group) is 1. The van der Waals surface area contributed by atoms with Gasteiger partial charge in [0.2, 0.25) is 5.78 Å². The number of hydrogen-bond acceptors (Lipinski definition) is 4. The van der Waals surface area contributed by atoms with Gasteiger partial charge in [0, 0.05) is 32.4 Å². The van der Waals surface area contributed by atoms with Gasteiger partial charge < -0.3 is 9.80 Å². The third-order valence-electron chi connectivity index (χ3n) is 3.99. The van der Waals surface area contributed by atoms with Crippen LogP contribution < -0.4 is 4.90 Å². The highest BCUT2D eigenvalue weighted by molar-refractivity contribution is 5.79. The van der Waals surface area contributed by atoms with Gasteiger partial charge in [-0.25, -0.2) is 4.98 Å². The molecular weight excluding hydrogens is 250 g/mol. The lowest BCUT2D eigenvalue weighted by Crippen LogP contribution is -2.44. The van der Waals surface area contributed by atoms with Gasteiger partial charge in [-0.15, -0.1) is 0 Å². The van der Waals surface area contributed by atoms with E-state index in [0.29, 0.717) is 0 Å². The Kier molecular flexibility index (Phi) is 2.60. The fourth-order valence-electron chi connectivity index (χ4n) is 2.75. The molecule has 1 aliphatic rings. The van der Waals surface area contributed by atoms with E-state index < -0.39 is 0 Å². The summed E-state index contributed by atoms with van der Waals surface area (Å²) in [5.74, 6) is 1.81. The van der Waals surface area contributed by atoms with Crippen LogP contribution >= 0.6 is 0 Å². The van der Waals surface area contributed by atoms with E-state index in [2.05, 4.69) is 44.6 Å². The van der Waals surface area contributed by atoms with Crippen molar-refractivity contribution in [3.63, 3.8) is 0 Å². The lowest BCUT2D eigenvalue weighted by atomic mass is 10.3. The Morgan fingerprint density at radius 3 is 2.60 bits per heavy atom. The smallest absolute Gasteiger partial charge is 0.236 e. The molecule has 102 valence electrons. The van der Waals surface area contributed by atoms with Gasteiger partial charge in [0.25, 0.3) is 0 Å². The summed E-state index contributed by atoms with van der Waals surface area (Å²) in [5, 5.41) is 0. The monoisotopic (exact) mass is 267 g/mol. The molecule has 0 saturated carbocycles. The van der Waals surface area contributed by atoms with Crippen molar-refractivity contribution >= 4 is 22.6 Å². The molecule has 0 unspecified atom stereocenters. The molecule has 0 radical (unpaired) electrons. The molecule has 3 heterocycles. The lowest BCUT2D eigenvalue weighted by molar-refractivity contribution is 0.312. The van der Waals surface area contributed by atoms with Gasteiger partial charge in [-0.1, -0.05) is 12.1 Å². The number of para-hydroxylation sites is 2. The van der Waals surface area contributed by atoms with Crippen LogP contribution in [0.5, 0.6) is 0 Å². The van der Waals surface area contributed by atoms with Crippen LogP contribution in [0.15, 0.2) is 36.5 Å². The molecule has 0 N–H and O–H groups in total. The van der Waals surface area contributed by atoms with E-state index in [0.717, 1.165) is 48.8 Å². The SMILES string of the molecule is CN1CCN(c2ccn3c(n2)nc2ccccc23)CC1. The first-order valence-corrected chi connectivity index (χ1v) is 6.98. The zero-order chi connectivity index (χ0) is 13.5. The van der Waals surface area contributed by atoms with Crippen LogP contribution in [-0.4, -0.2) is 52.5 Å². The van der Waals surface area contributed by atoms with Crippen molar-refractivity contribution in [1.82, 2.24) is 19.3 Å². The van der Waals surface area contributed by atoms with E-state index in [9.17, 15) is 0 Å². The largest absolute Gasteiger partial charge is 0.354 e. The van der Waals surface area contributed by atoms with Gasteiger partial charge in [-0.3, -0.25) is 4.40 Å². The van der Waals surface area contributed by atoms with Crippen LogP contribution in [0.3, 0.4) is 0 Å². The summed E-state index contributed by atoms with van der Waals surface area (Å²) in [6.07, 6.45) is 2.07. The van der Waals surface area contributed by atoms with Gasteiger partial charge in [0.05, 0.1) is 11.0 Å². The Labute approximate surface area is 117 Å². The van der Waals surface area contributed by atoms with Gasteiger partial charge in [-0.05, 0) is 25.2 Å². The predicted octanol–water partition coefficient (Wildman–Crippen LogP) is 1.63. The summed E-state index contributed by atoms with van der Waals surface area (Å²) in [5.41, 5.74) is 2.11. The predicted molar refractivity (Wildman–Crippen MR) is 80.2 cm³/mol. The Balaban J connectivity index is 1.77. The first kappa shape index (κ1) is 11.7. The normalized spacial score (nSPS) is 17.1. The first-order chi connectivity index (χ1) is 9.81. The van der Waals surface area contributed by atoms with Gasteiger partial charge >= 0.3 is 0 Å². The minimum Gasteiger partial charge on any atom is -0.354 e. The van der Waals surface area contributed by atoms with E-state index in [1.54, 1.807) is 0 Å². The Morgan fingerprint density at radius 1 is 0.950 bits per heavy atom. The summed E-state index contributed by atoms with van der Waals surface area (Å²) in [4.78, 5) is 14.0. The molecule has 1 aliphatic heterocycles. The Hall–Kier alpha value is -2.14. The van der Waals surface area contributed by atoms with E-state index in [1.807, 2.05) is 18.2 Å². The molecule has 1 fully saturated rings. The standard InChI is InChI=1S/C15H17N5/c1-18-8-10-19(11-9-18)14-6-7-20-13-5-3-2-4-12(13)16-15(20)17-14/h2-7H,8-11H2,1H3.